The van der Waals surface area contributed by atoms with Crippen molar-refractivity contribution in [1.29, 1.82) is 0 Å². The van der Waals surface area contributed by atoms with Crippen molar-refractivity contribution in [3.8, 4) is 0 Å². The molecular weight excluding hydrogens is 278 g/mol. The lowest BCUT2D eigenvalue weighted by atomic mass is 10.1. The third-order valence-corrected chi connectivity index (χ3v) is 3.08. The van der Waals surface area contributed by atoms with Crippen molar-refractivity contribution in [3.63, 3.8) is 0 Å². The third-order valence-electron chi connectivity index (χ3n) is 3.08. The zero-order chi connectivity index (χ0) is 15.6. The predicted molar refractivity (Wildman–Crippen MR) is 82.1 cm³/mol. The highest BCUT2D eigenvalue weighted by molar-refractivity contribution is 5.94. The lowest BCUT2D eigenvalue weighted by Crippen LogP contribution is -2.41. The predicted octanol–water partition coefficient (Wildman–Crippen LogP) is 2.66. The standard InChI is InChI=1S/C16H16N5O/c17-20-19-9-5-4-8-15-12-18-10-11-21(15)13-16(22)14-6-2-1-3-7-14/h1-7,10-12H,8-9,13H2/q+1. The van der Waals surface area contributed by atoms with E-state index in [2.05, 4.69) is 15.0 Å². The Balaban J connectivity index is 2.06. The molecule has 110 valence electrons. The Morgan fingerprint density at radius 3 is 2.91 bits per heavy atom. The van der Waals surface area contributed by atoms with Crippen LogP contribution in [0.15, 0.2) is 66.2 Å². The summed E-state index contributed by atoms with van der Waals surface area (Å²) in [5.41, 5.74) is 9.82. The maximum Gasteiger partial charge on any atom is 0.227 e. The van der Waals surface area contributed by atoms with E-state index in [1.807, 2.05) is 41.0 Å². The van der Waals surface area contributed by atoms with E-state index >= 15 is 0 Å². The van der Waals surface area contributed by atoms with Crippen LogP contribution in [0.4, 0.5) is 0 Å². The van der Waals surface area contributed by atoms with E-state index < -0.39 is 0 Å². The number of allylic oxidation sites excluding steroid dienone is 1. The van der Waals surface area contributed by atoms with Gasteiger partial charge in [0.05, 0.1) is 18.8 Å². The molecule has 0 saturated carbocycles. The number of azide groups is 1. The van der Waals surface area contributed by atoms with Crippen LogP contribution in [0.3, 0.4) is 0 Å². The highest BCUT2D eigenvalue weighted by Gasteiger charge is 2.15. The molecule has 6 heteroatoms. The molecule has 1 aromatic carbocycles. The molecule has 0 aliphatic heterocycles. The second-order valence-corrected chi connectivity index (χ2v) is 4.57. The Labute approximate surface area is 128 Å². The summed E-state index contributed by atoms with van der Waals surface area (Å²) in [7, 11) is 0. The molecule has 1 heterocycles. The number of hydrogen-bond donors (Lipinski definition) is 0. The van der Waals surface area contributed by atoms with E-state index in [4.69, 9.17) is 5.53 Å². The first kappa shape index (κ1) is 15.4. The smallest absolute Gasteiger partial charge is 0.227 e. The minimum absolute atomic E-state index is 0.0520. The van der Waals surface area contributed by atoms with Gasteiger partial charge in [0.1, 0.15) is 0 Å². The van der Waals surface area contributed by atoms with Gasteiger partial charge < -0.3 is 0 Å². The van der Waals surface area contributed by atoms with Crippen LogP contribution >= 0.6 is 0 Å². The number of rotatable bonds is 7. The molecule has 0 fully saturated rings. The number of aromatic nitrogens is 2. The molecule has 0 saturated heterocycles. The monoisotopic (exact) mass is 294 g/mol. The maximum atomic E-state index is 12.3. The number of nitrogens with zero attached hydrogens (tertiary/aromatic N) is 5. The Morgan fingerprint density at radius 2 is 2.14 bits per heavy atom. The Morgan fingerprint density at radius 1 is 1.32 bits per heavy atom. The molecule has 0 bridgehead atoms. The van der Waals surface area contributed by atoms with Gasteiger partial charge >= 0.3 is 0 Å². The second-order valence-electron chi connectivity index (χ2n) is 4.57. The van der Waals surface area contributed by atoms with Crippen molar-refractivity contribution in [1.82, 2.24) is 4.98 Å². The molecule has 1 aromatic heterocycles. The number of benzene rings is 1. The molecule has 6 nitrogen and oxygen atoms in total. The minimum atomic E-state index is 0.0520. The molecule has 0 spiro atoms. The molecule has 0 amide bonds. The average Bonchev–Trinajstić information content (AvgIpc) is 2.57. The van der Waals surface area contributed by atoms with Gasteiger partial charge in [-0.25, -0.2) is 0 Å². The van der Waals surface area contributed by atoms with Crippen LogP contribution in [-0.2, 0) is 13.0 Å². The summed E-state index contributed by atoms with van der Waals surface area (Å²) < 4.78 is 1.88. The lowest BCUT2D eigenvalue weighted by Gasteiger charge is -2.01. The van der Waals surface area contributed by atoms with E-state index in [1.165, 1.54) is 0 Å². The van der Waals surface area contributed by atoms with Gasteiger partial charge in [0.25, 0.3) is 0 Å². The van der Waals surface area contributed by atoms with Crippen LogP contribution in [0.5, 0.6) is 0 Å². The summed E-state index contributed by atoms with van der Waals surface area (Å²) in [4.78, 5) is 19.0. The van der Waals surface area contributed by atoms with Gasteiger partial charge in [-0.2, -0.15) is 4.57 Å². The molecule has 22 heavy (non-hydrogen) atoms. The molecular formula is C16H16N5O+. The van der Waals surface area contributed by atoms with Gasteiger partial charge in [-0.1, -0.05) is 47.6 Å². The first-order valence-electron chi connectivity index (χ1n) is 6.87. The van der Waals surface area contributed by atoms with Crippen LogP contribution < -0.4 is 4.57 Å². The first-order valence-corrected chi connectivity index (χ1v) is 6.87. The van der Waals surface area contributed by atoms with Gasteiger partial charge in [-0.05, 0) is 5.53 Å². The van der Waals surface area contributed by atoms with Crippen LogP contribution in [-0.4, -0.2) is 17.3 Å². The van der Waals surface area contributed by atoms with E-state index in [1.54, 1.807) is 24.7 Å². The Kier molecular flexibility index (Phi) is 5.84. The number of carbonyl (C=O) groups is 1. The minimum Gasteiger partial charge on any atom is -0.287 e. The van der Waals surface area contributed by atoms with Crippen molar-refractivity contribution < 1.29 is 9.36 Å². The van der Waals surface area contributed by atoms with Crippen molar-refractivity contribution in [2.45, 2.75) is 13.0 Å². The summed E-state index contributed by atoms with van der Waals surface area (Å²) in [6.07, 6.45) is 9.49. The zero-order valence-electron chi connectivity index (χ0n) is 12.0. The third kappa shape index (κ3) is 4.54. The van der Waals surface area contributed by atoms with Gasteiger partial charge in [0, 0.05) is 17.0 Å². The highest BCUT2D eigenvalue weighted by atomic mass is 16.1. The second kappa shape index (κ2) is 8.34. The fourth-order valence-electron chi connectivity index (χ4n) is 1.97. The summed E-state index contributed by atoms with van der Waals surface area (Å²) in [5.74, 6) is 0.0520. The van der Waals surface area contributed by atoms with E-state index in [0.29, 0.717) is 18.5 Å². The van der Waals surface area contributed by atoms with Crippen LogP contribution in [0.25, 0.3) is 10.4 Å². The Bertz CT molecular complexity index is 705. The molecule has 0 N–H and O–H groups in total. The van der Waals surface area contributed by atoms with E-state index in [9.17, 15) is 4.79 Å². The van der Waals surface area contributed by atoms with E-state index in [0.717, 1.165) is 5.69 Å². The maximum absolute atomic E-state index is 12.3. The number of Topliss-reactive ketones (excluding diaryl/α,β-unsaturated/α-hetero) is 1. The first-order chi connectivity index (χ1) is 10.8. The normalized spacial score (nSPS) is 10.4. The quantitative estimate of drug-likeness (QED) is 0.196. The summed E-state index contributed by atoms with van der Waals surface area (Å²) in [6.45, 7) is 0.589. The van der Waals surface area contributed by atoms with Gasteiger partial charge in [0.15, 0.2) is 6.20 Å². The molecule has 0 aliphatic carbocycles. The average molecular weight is 294 g/mol. The molecule has 2 aromatic rings. The largest absolute Gasteiger partial charge is 0.287 e. The summed E-state index contributed by atoms with van der Waals surface area (Å²) in [5, 5.41) is 3.43. The van der Waals surface area contributed by atoms with Crippen molar-refractivity contribution in [2.24, 2.45) is 5.11 Å². The SMILES string of the molecule is [N-]=[N+]=NCC=CCc1cncc[n+]1CC(=O)c1ccccc1. The van der Waals surface area contributed by atoms with Crippen molar-refractivity contribution in [2.75, 3.05) is 6.54 Å². The van der Waals surface area contributed by atoms with Crippen LogP contribution in [0.2, 0.25) is 0 Å². The number of ketones is 1. The lowest BCUT2D eigenvalue weighted by molar-refractivity contribution is -0.690. The van der Waals surface area contributed by atoms with Gasteiger partial charge in [-0.3, -0.25) is 9.78 Å². The molecule has 0 radical (unpaired) electrons. The van der Waals surface area contributed by atoms with Gasteiger partial charge in [0.2, 0.25) is 18.0 Å². The summed E-state index contributed by atoms with van der Waals surface area (Å²) >= 11 is 0. The van der Waals surface area contributed by atoms with Crippen LogP contribution in [0, 0.1) is 0 Å². The fraction of sp³-hybridized carbons (Fsp3) is 0.188. The molecule has 2 rings (SSSR count). The van der Waals surface area contributed by atoms with Gasteiger partial charge in [-0.15, -0.1) is 0 Å². The fourth-order valence-corrected chi connectivity index (χ4v) is 1.97. The van der Waals surface area contributed by atoms with Crippen LogP contribution in [0.1, 0.15) is 16.1 Å². The topological polar surface area (TPSA) is 82.6 Å². The molecule has 0 unspecified atom stereocenters. The molecule has 0 atom stereocenters. The number of hydrogen-bond acceptors (Lipinski definition) is 3. The molecule has 0 aliphatic rings. The Hall–Kier alpha value is -2.98. The highest BCUT2D eigenvalue weighted by Crippen LogP contribution is 2.01. The van der Waals surface area contributed by atoms with E-state index in [-0.39, 0.29) is 12.3 Å². The van der Waals surface area contributed by atoms with Crippen molar-refractivity contribution >= 4 is 5.78 Å². The number of carbonyl (C=O) groups excluding carboxylic acids is 1. The summed E-state index contributed by atoms with van der Waals surface area (Å²) in [6, 6.07) is 9.21. The zero-order valence-corrected chi connectivity index (χ0v) is 12.0. The van der Waals surface area contributed by atoms with Crippen molar-refractivity contribution in [3.05, 3.63) is 82.8 Å².